The molecule has 1 amide bonds. The van der Waals surface area contributed by atoms with Crippen molar-refractivity contribution in [3.05, 3.63) is 23.9 Å². The van der Waals surface area contributed by atoms with Crippen LogP contribution in [0.3, 0.4) is 0 Å². The number of nitrogens with zero attached hydrogens (tertiary/aromatic N) is 2. The normalized spacial score (nSPS) is 19.8. The molecular formula is C12H14F3N3O2. The van der Waals surface area contributed by atoms with E-state index in [1.165, 1.54) is 12.3 Å². The van der Waals surface area contributed by atoms with Crippen LogP contribution in [-0.2, 0) is 4.74 Å². The van der Waals surface area contributed by atoms with E-state index in [1.54, 1.807) is 13.1 Å². The predicted octanol–water partition coefficient (Wildman–Crippen LogP) is 1.53. The summed E-state index contributed by atoms with van der Waals surface area (Å²) >= 11 is 0. The summed E-state index contributed by atoms with van der Waals surface area (Å²) in [5.74, 6) is -0.146. The summed E-state index contributed by atoms with van der Waals surface area (Å²) in [6.07, 6.45) is -4.91. The van der Waals surface area contributed by atoms with Crippen LogP contribution in [0.4, 0.5) is 19.0 Å². The van der Waals surface area contributed by atoms with E-state index >= 15 is 0 Å². The maximum Gasteiger partial charge on any atom is 0.416 e. The van der Waals surface area contributed by atoms with Gasteiger partial charge in [0.05, 0.1) is 18.7 Å². The number of hydrogen-bond donors (Lipinski definition) is 1. The molecule has 5 nitrogen and oxygen atoms in total. The highest BCUT2D eigenvalue weighted by Gasteiger charge is 2.44. The van der Waals surface area contributed by atoms with Crippen molar-refractivity contribution >= 4 is 11.7 Å². The summed E-state index contributed by atoms with van der Waals surface area (Å²) in [5, 5.41) is 2.74. The number of ether oxygens (including phenoxy) is 1. The third-order valence-corrected chi connectivity index (χ3v) is 2.99. The molecule has 20 heavy (non-hydrogen) atoms. The van der Waals surface area contributed by atoms with Gasteiger partial charge in [-0.25, -0.2) is 4.98 Å². The number of anilines is 1. The molecule has 8 heteroatoms. The summed E-state index contributed by atoms with van der Waals surface area (Å²) in [6, 6.07) is 3.09. The minimum absolute atomic E-state index is 0.128. The first-order valence-electron chi connectivity index (χ1n) is 6.04. The van der Waals surface area contributed by atoms with Gasteiger partial charge in [-0.2, -0.15) is 13.2 Å². The molecule has 1 N–H and O–H groups in total. The molecule has 0 aromatic carbocycles. The third-order valence-electron chi connectivity index (χ3n) is 2.99. The van der Waals surface area contributed by atoms with E-state index in [0.29, 0.717) is 5.82 Å². The number of aromatic nitrogens is 1. The Hall–Kier alpha value is -1.83. The minimum Gasteiger partial charge on any atom is -0.372 e. The Kier molecular flexibility index (Phi) is 4.12. The molecule has 110 valence electrons. The van der Waals surface area contributed by atoms with Crippen LogP contribution < -0.4 is 5.32 Å². The average molecular weight is 289 g/mol. The van der Waals surface area contributed by atoms with Gasteiger partial charge in [-0.3, -0.25) is 4.79 Å². The van der Waals surface area contributed by atoms with Gasteiger partial charge in [-0.15, -0.1) is 0 Å². The van der Waals surface area contributed by atoms with Gasteiger partial charge in [0.2, 0.25) is 0 Å². The second kappa shape index (κ2) is 5.66. The zero-order chi connectivity index (χ0) is 14.8. The van der Waals surface area contributed by atoms with Crippen molar-refractivity contribution in [3.8, 4) is 0 Å². The average Bonchev–Trinajstić information content (AvgIpc) is 2.45. The molecule has 1 aliphatic heterocycles. The summed E-state index contributed by atoms with van der Waals surface area (Å²) in [5.41, 5.74) is 0.248. The van der Waals surface area contributed by atoms with Gasteiger partial charge < -0.3 is 15.0 Å². The van der Waals surface area contributed by atoms with Crippen molar-refractivity contribution in [1.82, 2.24) is 9.88 Å². The van der Waals surface area contributed by atoms with E-state index in [9.17, 15) is 18.0 Å². The van der Waals surface area contributed by atoms with E-state index in [4.69, 9.17) is 0 Å². The lowest BCUT2D eigenvalue weighted by Crippen LogP contribution is -2.51. The van der Waals surface area contributed by atoms with Crippen LogP contribution >= 0.6 is 0 Å². The number of rotatable bonds is 2. The molecule has 0 spiro atoms. The molecule has 1 aromatic rings. The smallest absolute Gasteiger partial charge is 0.372 e. The first-order valence-corrected chi connectivity index (χ1v) is 6.04. The fraction of sp³-hybridized carbons (Fsp3) is 0.500. The van der Waals surface area contributed by atoms with Gasteiger partial charge in [-0.05, 0) is 12.1 Å². The maximum absolute atomic E-state index is 12.6. The van der Waals surface area contributed by atoms with Crippen LogP contribution in [0.1, 0.15) is 10.4 Å². The molecular weight excluding hydrogens is 275 g/mol. The molecule has 1 fully saturated rings. The van der Waals surface area contributed by atoms with Crippen LogP contribution in [0, 0.1) is 0 Å². The molecule has 0 saturated carbocycles. The van der Waals surface area contributed by atoms with Gasteiger partial charge in [0, 0.05) is 19.8 Å². The van der Waals surface area contributed by atoms with E-state index in [1.807, 2.05) is 0 Å². The van der Waals surface area contributed by atoms with Crippen molar-refractivity contribution in [2.24, 2.45) is 0 Å². The standard InChI is InChI=1S/C12H14F3N3O2/c1-16-10-8(3-2-4-17-10)11(19)18-5-6-20-9(7-18)12(13,14)15/h2-4,9H,5-7H2,1H3,(H,16,17)/t9-/m0/s1. The highest BCUT2D eigenvalue weighted by atomic mass is 19.4. The van der Waals surface area contributed by atoms with E-state index in [-0.39, 0.29) is 18.7 Å². The predicted molar refractivity (Wildman–Crippen MR) is 65.5 cm³/mol. The molecule has 0 radical (unpaired) electrons. The first-order chi connectivity index (χ1) is 9.43. The maximum atomic E-state index is 12.6. The lowest BCUT2D eigenvalue weighted by atomic mass is 10.2. The molecule has 2 rings (SSSR count). The number of morpholine rings is 1. The highest BCUT2D eigenvalue weighted by molar-refractivity contribution is 5.98. The van der Waals surface area contributed by atoms with Crippen molar-refractivity contribution in [1.29, 1.82) is 0 Å². The van der Waals surface area contributed by atoms with Crippen molar-refractivity contribution < 1.29 is 22.7 Å². The zero-order valence-electron chi connectivity index (χ0n) is 10.8. The number of alkyl halides is 3. The Morgan fingerprint density at radius 1 is 1.55 bits per heavy atom. The third kappa shape index (κ3) is 3.01. The van der Waals surface area contributed by atoms with Gasteiger partial charge >= 0.3 is 6.18 Å². The molecule has 1 saturated heterocycles. The molecule has 0 bridgehead atoms. The zero-order valence-corrected chi connectivity index (χ0v) is 10.8. The Labute approximate surface area is 113 Å². The summed E-state index contributed by atoms with van der Waals surface area (Å²) in [7, 11) is 1.59. The number of amides is 1. The molecule has 1 atom stereocenters. The van der Waals surface area contributed by atoms with E-state index in [2.05, 4.69) is 15.0 Å². The van der Waals surface area contributed by atoms with Crippen LogP contribution in [0.5, 0.6) is 0 Å². The van der Waals surface area contributed by atoms with Crippen molar-refractivity contribution in [2.45, 2.75) is 12.3 Å². The fourth-order valence-electron chi connectivity index (χ4n) is 1.98. The van der Waals surface area contributed by atoms with Gasteiger partial charge in [-0.1, -0.05) is 0 Å². The number of carbonyl (C=O) groups excluding carboxylic acids is 1. The largest absolute Gasteiger partial charge is 0.416 e. The fourth-order valence-corrected chi connectivity index (χ4v) is 1.98. The summed E-state index contributed by atoms with van der Waals surface area (Å²) in [4.78, 5) is 17.4. The van der Waals surface area contributed by atoms with Crippen molar-refractivity contribution in [2.75, 3.05) is 32.1 Å². The molecule has 1 aromatic heterocycles. The first kappa shape index (κ1) is 14.6. The molecule has 0 unspecified atom stereocenters. The van der Waals surface area contributed by atoms with Crippen LogP contribution in [-0.4, -0.2) is 54.8 Å². The number of pyridine rings is 1. The van der Waals surface area contributed by atoms with E-state index < -0.39 is 24.7 Å². The Balaban J connectivity index is 2.17. The van der Waals surface area contributed by atoms with Crippen molar-refractivity contribution in [3.63, 3.8) is 0 Å². The molecule has 0 aliphatic carbocycles. The lowest BCUT2D eigenvalue weighted by Gasteiger charge is -2.34. The highest BCUT2D eigenvalue weighted by Crippen LogP contribution is 2.26. The van der Waals surface area contributed by atoms with Crippen LogP contribution in [0.15, 0.2) is 18.3 Å². The van der Waals surface area contributed by atoms with Crippen LogP contribution in [0.2, 0.25) is 0 Å². The Morgan fingerprint density at radius 3 is 2.95 bits per heavy atom. The Bertz CT molecular complexity index is 493. The molecule has 1 aliphatic rings. The SMILES string of the molecule is CNc1ncccc1C(=O)N1CCO[C@H](C(F)(F)F)C1. The number of hydrogen-bond acceptors (Lipinski definition) is 4. The molecule has 2 heterocycles. The minimum atomic E-state index is -4.47. The Morgan fingerprint density at radius 2 is 2.30 bits per heavy atom. The quantitative estimate of drug-likeness (QED) is 0.897. The lowest BCUT2D eigenvalue weighted by molar-refractivity contribution is -0.233. The number of carbonyl (C=O) groups is 1. The summed E-state index contributed by atoms with van der Waals surface area (Å²) in [6.45, 7) is -0.505. The van der Waals surface area contributed by atoms with Gasteiger partial charge in [0.15, 0.2) is 6.10 Å². The number of nitrogens with one attached hydrogen (secondary N) is 1. The second-order valence-corrected chi connectivity index (χ2v) is 4.30. The van der Waals surface area contributed by atoms with Gasteiger partial charge in [0.25, 0.3) is 5.91 Å². The summed E-state index contributed by atoms with van der Waals surface area (Å²) < 4.78 is 42.6. The van der Waals surface area contributed by atoms with E-state index in [0.717, 1.165) is 4.90 Å². The monoisotopic (exact) mass is 289 g/mol. The van der Waals surface area contributed by atoms with Crippen LogP contribution in [0.25, 0.3) is 0 Å². The number of halogens is 3. The topological polar surface area (TPSA) is 54.5 Å². The second-order valence-electron chi connectivity index (χ2n) is 4.30. The van der Waals surface area contributed by atoms with Gasteiger partial charge in [0.1, 0.15) is 5.82 Å².